The maximum atomic E-state index is 13.1. The van der Waals surface area contributed by atoms with Crippen molar-refractivity contribution < 1.29 is 13.9 Å². The minimum Gasteiger partial charge on any atom is -0.481 e. The van der Waals surface area contributed by atoms with Gasteiger partial charge in [0.05, 0.1) is 6.07 Å². The molecule has 0 saturated carbocycles. The Morgan fingerprint density at radius 1 is 1.39 bits per heavy atom. The van der Waals surface area contributed by atoms with Gasteiger partial charge in [-0.05, 0) is 49.6 Å². The summed E-state index contributed by atoms with van der Waals surface area (Å²) in [6.07, 6.45) is 6.77. The van der Waals surface area contributed by atoms with Crippen LogP contribution >= 0.6 is 0 Å². The number of amides is 1. The second kappa shape index (κ2) is 12.4. The van der Waals surface area contributed by atoms with Crippen molar-refractivity contribution in [3.05, 3.63) is 72.2 Å². The molecule has 6 heteroatoms. The van der Waals surface area contributed by atoms with Crippen molar-refractivity contribution in [2.45, 2.75) is 51.8 Å². The Morgan fingerprint density at radius 2 is 2.16 bits per heavy atom. The summed E-state index contributed by atoms with van der Waals surface area (Å²) in [6, 6.07) is 10.0. The number of hydrogen-bond acceptors (Lipinski definition) is 3. The van der Waals surface area contributed by atoms with Gasteiger partial charge in [-0.1, -0.05) is 38.1 Å². The molecule has 1 aromatic carbocycles. The number of H-pyrrole nitrogens is 1. The lowest BCUT2D eigenvalue weighted by Crippen LogP contribution is -2.37. The smallest absolute Gasteiger partial charge is 0.261 e. The van der Waals surface area contributed by atoms with E-state index in [-0.39, 0.29) is 12.3 Å². The first kappa shape index (κ1) is 23.9. The minimum absolute atomic E-state index is 0.0319. The van der Waals surface area contributed by atoms with Crippen molar-refractivity contribution in [3.8, 4) is 6.07 Å². The quantitative estimate of drug-likeness (QED) is 0.277. The first-order valence-corrected chi connectivity index (χ1v) is 10.5. The number of fused-ring (bicyclic) bond motifs is 1. The molecule has 2 aromatic rings. The van der Waals surface area contributed by atoms with Crippen LogP contribution in [-0.2, 0) is 16.0 Å². The molecule has 5 nitrogen and oxygen atoms in total. The van der Waals surface area contributed by atoms with Crippen molar-refractivity contribution in [2.24, 2.45) is 0 Å². The number of para-hydroxylation sites is 1. The molecule has 0 aliphatic carbocycles. The normalized spacial score (nSPS) is 14.0. The van der Waals surface area contributed by atoms with E-state index in [1.54, 1.807) is 6.08 Å². The molecule has 1 unspecified atom stereocenters. The molecule has 2 atom stereocenters. The second-order valence-corrected chi connectivity index (χ2v) is 7.36. The lowest BCUT2D eigenvalue weighted by Gasteiger charge is -2.18. The fraction of sp³-hybridized carbons (Fsp3) is 0.360. The predicted molar refractivity (Wildman–Crippen MR) is 122 cm³/mol. The Bertz CT molecular complexity index is 982. The maximum absolute atomic E-state index is 13.1. The highest BCUT2D eigenvalue weighted by molar-refractivity contribution is 5.83. The van der Waals surface area contributed by atoms with Crippen LogP contribution in [0.1, 0.15) is 38.7 Å². The molecule has 0 aliphatic heterocycles. The van der Waals surface area contributed by atoms with Crippen LogP contribution in [0, 0.1) is 11.3 Å². The summed E-state index contributed by atoms with van der Waals surface area (Å²) >= 11 is 0. The summed E-state index contributed by atoms with van der Waals surface area (Å²) < 4.78 is 19.0. The molecule has 0 radical (unpaired) electrons. The number of nitriles is 1. The number of aromatic amines is 1. The Balaban J connectivity index is 1.98. The molecule has 164 valence electrons. The van der Waals surface area contributed by atoms with E-state index in [1.807, 2.05) is 37.4 Å². The predicted octanol–water partition coefficient (Wildman–Crippen LogP) is 5.28. The van der Waals surface area contributed by atoms with Crippen molar-refractivity contribution in [3.63, 3.8) is 0 Å². The highest BCUT2D eigenvalue weighted by atomic mass is 19.1. The van der Waals surface area contributed by atoms with Crippen LogP contribution in [0.15, 0.2) is 66.6 Å². The van der Waals surface area contributed by atoms with Gasteiger partial charge in [0.25, 0.3) is 5.91 Å². The van der Waals surface area contributed by atoms with E-state index in [4.69, 9.17) is 10.00 Å². The third kappa shape index (κ3) is 7.45. The first-order valence-electron chi connectivity index (χ1n) is 10.5. The van der Waals surface area contributed by atoms with Crippen LogP contribution in [0.5, 0.6) is 0 Å². The molecule has 31 heavy (non-hydrogen) atoms. The van der Waals surface area contributed by atoms with Crippen molar-refractivity contribution >= 4 is 16.8 Å². The van der Waals surface area contributed by atoms with E-state index in [9.17, 15) is 9.18 Å². The number of aromatic nitrogens is 1. The van der Waals surface area contributed by atoms with Crippen molar-refractivity contribution in [1.29, 1.82) is 5.26 Å². The van der Waals surface area contributed by atoms with E-state index >= 15 is 0 Å². The molecule has 1 amide bonds. The van der Waals surface area contributed by atoms with Gasteiger partial charge in [-0.3, -0.25) is 4.79 Å². The topological polar surface area (TPSA) is 77.9 Å². The van der Waals surface area contributed by atoms with Crippen LogP contribution in [0.2, 0.25) is 0 Å². The number of carbonyl (C=O) groups excluding carboxylic acids is 1. The maximum Gasteiger partial charge on any atom is 0.261 e. The van der Waals surface area contributed by atoms with Gasteiger partial charge in [-0.25, -0.2) is 4.39 Å². The Labute approximate surface area is 183 Å². The third-order valence-electron chi connectivity index (χ3n) is 4.78. The van der Waals surface area contributed by atoms with E-state index in [0.29, 0.717) is 30.7 Å². The zero-order valence-electron chi connectivity index (χ0n) is 18.2. The summed E-state index contributed by atoms with van der Waals surface area (Å²) in [7, 11) is 0. The van der Waals surface area contributed by atoms with Gasteiger partial charge >= 0.3 is 0 Å². The van der Waals surface area contributed by atoms with Crippen LogP contribution < -0.4 is 5.32 Å². The third-order valence-corrected chi connectivity index (χ3v) is 4.78. The fourth-order valence-electron chi connectivity index (χ4n) is 3.23. The SMILES string of the molecule is C=C/C(=C\C=C(\C#N)CC(C)F)O[C@@H](CCC)C(=O)NCCc1c[nH]c2ccccc12. The number of nitrogens with zero attached hydrogens (tertiary/aromatic N) is 1. The Kier molecular flexibility index (Phi) is 9.57. The number of carbonyl (C=O) groups is 1. The van der Waals surface area contributed by atoms with Gasteiger partial charge in [-0.15, -0.1) is 0 Å². The van der Waals surface area contributed by atoms with Crippen LogP contribution in [0.25, 0.3) is 10.9 Å². The molecule has 1 aromatic heterocycles. The number of benzene rings is 1. The van der Waals surface area contributed by atoms with Crippen molar-refractivity contribution in [1.82, 2.24) is 10.3 Å². The van der Waals surface area contributed by atoms with E-state index in [2.05, 4.69) is 22.9 Å². The molecule has 1 heterocycles. The summed E-state index contributed by atoms with van der Waals surface area (Å²) in [4.78, 5) is 15.9. The molecule has 0 saturated heterocycles. The highest BCUT2D eigenvalue weighted by Gasteiger charge is 2.19. The Morgan fingerprint density at radius 3 is 2.84 bits per heavy atom. The van der Waals surface area contributed by atoms with Crippen LogP contribution in [0.4, 0.5) is 4.39 Å². The average molecular weight is 424 g/mol. The fourth-order valence-corrected chi connectivity index (χ4v) is 3.23. The zero-order chi connectivity index (χ0) is 22.6. The van der Waals surface area contributed by atoms with E-state index in [0.717, 1.165) is 22.9 Å². The van der Waals surface area contributed by atoms with Crippen LogP contribution in [-0.4, -0.2) is 29.7 Å². The Hall–Kier alpha value is -3.33. The minimum atomic E-state index is -1.11. The molecule has 0 spiro atoms. The first-order chi connectivity index (χ1) is 15.0. The highest BCUT2D eigenvalue weighted by Crippen LogP contribution is 2.18. The number of alkyl halides is 1. The van der Waals surface area contributed by atoms with Gasteiger partial charge in [0.15, 0.2) is 6.10 Å². The summed E-state index contributed by atoms with van der Waals surface area (Å²) in [5, 5.41) is 13.2. The molecular formula is C25H30FN3O2. The van der Waals surface area contributed by atoms with Gasteiger partial charge in [0.2, 0.25) is 0 Å². The summed E-state index contributed by atoms with van der Waals surface area (Å²) in [6.45, 7) is 7.57. The number of halogens is 1. The molecule has 0 bridgehead atoms. The molecule has 0 aliphatic rings. The van der Waals surface area contributed by atoms with Crippen LogP contribution in [0.3, 0.4) is 0 Å². The van der Waals surface area contributed by atoms with Gasteiger partial charge in [0, 0.05) is 35.6 Å². The van der Waals surface area contributed by atoms with E-state index in [1.165, 1.54) is 19.1 Å². The van der Waals surface area contributed by atoms with Crippen molar-refractivity contribution in [2.75, 3.05) is 6.54 Å². The standard InChI is InChI=1S/C25H30FN3O2/c1-4-8-24(31-21(5-2)12-11-19(16-27)15-18(3)26)25(30)28-14-13-20-17-29-23-10-7-6-9-22(20)23/h5-7,9-12,17-18,24,29H,2,4,8,13-15H2,1,3H3,(H,28,30)/b19-11+,21-12+/t18?,24-/m0/s1. The monoisotopic (exact) mass is 423 g/mol. The number of nitrogens with one attached hydrogen (secondary N) is 2. The van der Waals surface area contributed by atoms with Gasteiger partial charge in [-0.2, -0.15) is 5.26 Å². The van der Waals surface area contributed by atoms with E-state index < -0.39 is 12.3 Å². The lowest BCUT2D eigenvalue weighted by atomic mass is 10.1. The number of hydrogen-bond donors (Lipinski definition) is 2. The molecular weight excluding hydrogens is 393 g/mol. The van der Waals surface area contributed by atoms with Gasteiger partial charge < -0.3 is 15.0 Å². The molecule has 2 rings (SSSR count). The molecule has 0 fully saturated rings. The number of rotatable bonds is 12. The molecule has 2 N–H and O–H groups in total. The largest absolute Gasteiger partial charge is 0.481 e. The number of allylic oxidation sites excluding steroid dienone is 4. The van der Waals surface area contributed by atoms with Gasteiger partial charge in [0.1, 0.15) is 11.9 Å². The summed E-state index contributed by atoms with van der Waals surface area (Å²) in [5.74, 6) is 0.167. The number of ether oxygens (including phenoxy) is 1. The average Bonchev–Trinajstić information content (AvgIpc) is 3.17. The second-order valence-electron chi connectivity index (χ2n) is 7.36. The zero-order valence-corrected chi connectivity index (χ0v) is 18.2. The summed E-state index contributed by atoms with van der Waals surface area (Å²) in [5.41, 5.74) is 2.52. The lowest BCUT2D eigenvalue weighted by molar-refractivity contribution is -0.130.